The Bertz CT molecular complexity index is 849. The molecular formula is C27H32O4. The molecule has 31 heavy (non-hydrogen) atoms. The molecule has 2 aromatic carbocycles. The minimum Gasteiger partial charge on any atom is -0.481 e. The highest BCUT2D eigenvalue weighted by Gasteiger charge is 2.25. The van der Waals surface area contributed by atoms with Crippen LogP contribution in [0.2, 0.25) is 0 Å². The van der Waals surface area contributed by atoms with E-state index in [0.29, 0.717) is 30.4 Å². The summed E-state index contributed by atoms with van der Waals surface area (Å²) in [5, 5.41) is 19.9. The quantitative estimate of drug-likeness (QED) is 0.248. The van der Waals surface area contributed by atoms with E-state index < -0.39 is 18.0 Å². The van der Waals surface area contributed by atoms with Crippen LogP contribution in [0.3, 0.4) is 0 Å². The van der Waals surface area contributed by atoms with Crippen LogP contribution in [0.25, 0.3) is 0 Å². The number of aliphatic hydroxyl groups is 1. The van der Waals surface area contributed by atoms with Gasteiger partial charge in [-0.05, 0) is 31.2 Å². The van der Waals surface area contributed by atoms with Gasteiger partial charge in [0.25, 0.3) is 0 Å². The summed E-state index contributed by atoms with van der Waals surface area (Å²) in [6.45, 7) is 0. The molecule has 2 aromatic rings. The van der Waals surface area contributed by atoms with Gasteiger partial charge in [-0.15, -0.1) is 12.3 Å². The highest BCUT2D eigenvalue weighted by molar-refractivity contribution is 6.08. The van der Waals surface area contributed by atoms with Crippen LogP contribution >= 0.6 is 0 Å². The number of carboxylic acid groups (broad SMARTS) is 1. The Kier molecular flexibility index (Phi) is 10.5. The molecule has 0 aliphatic rings. The second-order valence-electron chi connectivity index (χ2n) is 7.95. The van der Waals surface area contributed by atoms with Crippen LogP contribution in [0.4, 0.5) is 0 Å². The number of carbonyl (C=O) groups excluding carboxylic acids is 1. The number of hydrogen-bond donors (Lipinski definition) is 2. The third kappa shape index (κ3) is 8.39. The van der Waals surface area contributed by atoms with Crippen LogP contribution in [0.15, 0.2) is 54.6 Å². The van der Waals surface area contributed by atoms with Crippen LogP contribution in [-0.4, -0.2) is 28.1 Å². The van der Waals surface area contributed by atoms with E-state index in [4.69, 9.17) is 6.42 Å². The van der Waals surface area contributed by atoms with Gasteiger partial charge in [0.15, 0.2) is 5.78 Å². The zero-order valence-electron chi connectivity index (χ0n) is 18.0. The number of aliphatic carboxylic acids is 1. The van der Waals surface area contributed by atoms with E-state index in [1.165, 1.54) is 0 Å². The lowest BCUT2D eigenvalue weighted by atomic mass is 9.91. The average molecular weight is 421 g/mol. The highest BCUT2D eigenvalue weighted by Crippen LogP contribution is 2.20. The molecule has 4 heteroatoms. The van der Waals surface area contributed by atoms with Crippen molar-refractivity contribution in [3.63, 3.8) is 0 Å². The maximum absolute atomic E-state index is 12.5. The van der Waals surface area contributed by atoms with Crippen molar-refractivity contribution in [2.75, 3.05) is 0 Å². The normalized spacial score (nSPS) is 12.6. The van der Waals surface area contributed by atoms with E-state index >= 15 is 0 Å². The van der Waals surface area contributed by atoms with E-state index in [-0.39, 0.29) is 5.78 Å². The number of carbonyl (C=O) groups is 2. The molecule has 2 unspecified atom stereocenters. The monoisotopic (exact) mass is 420 g/mol. The lowest BCUT2D eigenvalue weighted by Crippen LogP contribution is -2.28. The van der Waals surface area contributed by atoms with E-state index in [0.717, 1.165) is 44.1 Å². The lowest BCUT2D eigenvalue weighted by molar-refractivity contribution is -0.146. The number of carboxylic acids is 1. The number of benzene rings is 2. The summed E-state index contributed by atoms with van der Waals surface area (Å²) in [5.74, 6) is 0.906. The van der Waals surface area contributed by atoms with Gasteiger partial charge in [-0.25, -0.2) is 0 Å². The SMILES string of the molecule is C#CCCCCCCCC(C(=O)O)C(O)CCc1ccc(C(=O)c2ccccc2)cc1. The lowest BCUT2D eigenvalue weighted by Gasteiger charge is -2.19. The van der Waals surface area contributed by atoms with Gasteiger partial charge in [-0.2, -0.15) is 0 Å². The molecule has 0 aromatic heterocycles. The molecule has 0 amide bonds. The Balaban J connectivity index is 1.80. The summed E-state index contributed by atoms with van der Waals surface area (Å²) in [4.78, 5) is 24.1. The van der Waals surface area contributed by atoms with Crippen molar-refractivity contribution in [3.8, 4) is 12.3 Å². The molecule has 4 nitrogen and oxygen atoms in total. The first kappa shape index (κ1) is 24.4. The maximum atomic E-state index is 12.5. The predicted octanol–water partition coefficient (Wildman–Crippen LogP) is 5.28. The van der Waals surface area contributed by atoms with Gasteiger partial charge in [0.05, 0.1) is 12.0 Å². The Hall–Kier alpha value is -2.90. The summed E-state index contributed by atoms with van der Waals surface area (Å²) in [6.07, 6.45) is 11.4. The standard InChI is InChI=1S/C27H32O4/c1-2-3-4-5-6-7-11-14-24(27(30)31)25(28)20-17-21-15-18-23(19-16-21)26(29)22-12-9-8-10-13-22/h1,8-10,12-13,15-16,18-19,24-25,28H,3-7,11,14,17,20H2,(H,30,31). The van der Waals surface area contributed by atoms with Crippen molar-refractivity contribution in [2.24, 2.45) is 5.92 Å². The third-order valence-electron chi connectivity index (χ3n) is 5.60. The zero-order chi connectivity index (χ0) is 22.5. The Labute approximate surface area is 185 Å². The van der Waals surface area contributed by atoms with Gasteiger partial charge in [0.2, 0.25) is 0 Å². The van der Waals surface area contributed by atoms with Crippen LogP contribution in [0, 0.1) is 18.3 Å². The number of aliphatic hydroxyl groups excluding tert-OH is 1. The Morgan fingerprint density at radius 2 is 1.45 bits per heavy atom. The predicted molar refractivity (Wildman–Crippen MR) is 123 cm³/mol. The number of aryl methyl sites for hydroxylation is 1. The summed E-state index contributed by atoms with van der Waals surface area (Å²) in [6, 6.07) is 16.4. The van der Waals surface area contributed by atoms with Crippen molar-refractivity contribution >= 4 is 11.8 Å². The van der Waals surface area contributed by atoms with Gasteiger partial charge < -0.3 is 10.2 Å². The van der Waals surface area contributed by atoms with E-state index in [1.807, 2.05) is 30.3 Å². The number of ketones is 1. The van der Waals surface area contributed by atoms with Crippen molar-refractivity contribution in [1.82, 2.24) is 0 Å². The van der Waals surface area contributed by atoms with Crippen molar-refractivity contribution < 1.29 is 19.8 Å². The largest absolute Gasteiger partial charge is 0.481 e. The molecule has 0 spiro atoms. The molecule has 0 bridgehead atoms. The summed E-state index contributed by atoms with van der Waals surface area (Å²) in [5.41, 5.74) is 2.23. The molecule has 0 radical (unpaired) electrons. The molecule has 0 heterocycles. The minimum absolute atomic E-state index is 0.0302. The number of rotatable bonds is 14. The molecule has 0 fully saturated rings. The first-order valence-electron chi connectivity index (χ1n) is 11.1. The van der Waals surface area contributed by atoms with Crippen LogP contribution < -0.4 is 0 Å². The molecule has 2 N–H and O–H groups in total. The Morgan fingerprint density at radius 1 is 0.839 bits per heavy atom. The number of hydrogen-bond acceptors (Lipinski definition) is 3. The smallest absolute Gasteiger partial charge is 0.309 e. The van der Waals surface area contributed by atoms with Gasteiger partial charge in [-0.3, -0.25) is 9.59 Å². The second kappa shape index (κ2) is 13.4. The summed E-state index contributed by atoms with van der Waals surface area (Å²) in [7, 11) is 0. The molecule has 164 valence electrons. The van der Waals surface area contributed by atoms with Crippen molar-refractivity contribution in [1.29, 1.82) is 0 Å². The molecule has 0 saturated heterocycles. The van der Waals surface area contributed by atoms with Gasteiger partial charge in [0, 0.05) is 17.5 Å². The minimum atomic E-state index is -0.941. The fourth-order valence-electron chi connectivity index (χ4n) is 3.70. The molecule has 2 rings (SSSR count). The van der Waals surface area contributed by atoms with E-state index in [9.17, 15) is 19.8 Å². The van der Waals surface area contributed by atoms with Crippen molar-refractivity contribution in [2.45, 2.75) is 63.9 Å². The topological polar surface area (TPSA) is 74.6 Å². The molecular weight excluding hydrogens is 388 g/mol. The zero-order valence-corrected chi connectivity index (χ0v) is 18.0. The molecule has 0 aliphatic carbocycles. The maximum Gasteiger partial charge on any atom is 0.309 e. The fraction of sp³-hybridized carbons (Fsp3) is 0.407. The molecule has 0 aliphatic heterocycles. The van der Waals surface area contributed by atoms with Crippen LogP contribution in [0.5, 0.6) is 0 Å². The fourth-order valence-corrected chi connectivity index (χ4v) is 3.70. The van der Waals surface area contributed by atoms with Gasteiger partial charge >= 0.3 is 5.97 Å². The first-order chi connectivity index (χ1) is 15.0. The summed E-state index contributed by atoms with van der Waals surface area (Å²) < 4.78 is 0. The second-order valence-corrected chi connectivity index (χ2v) is 7.95. The average Bonchev–Trinajstić information content (AvgIpc) is 2.79. The van der Waals surface area contributed by atoms with Crippen LogP contribution in [-0.2, 0) is 11.2 Å². The van der Waals surface area contributed by atoms with Crippen LogP contribution in [0.1, 0.15) is 72.9 Å². The van der Waals surface area contributed by atoms with Crippen molar-refractivity contribution in [3.05, 3.63) is 71.3 Å². The Morgan fingerprint density at radius 3 is 2.10 bits per heavy atom. The molecule has 0 saturated carbocycles. The van der Waals surface area contributed by atoms with E-state index in [2.05, 4.69) is 5.92 Å². The summed E-state index contributed by atoms with van der Waals surface area (Å²) >= 11 is 0. The highest BCUT2D eigenvalue weighted by atomic mass is 16.4. The molecule has 2 atom stereocenters. The number of unbranched alkanes of at least 4 members (excludes halogenated alkanes) is 5. The third-order valence-corrected chi connectivity index (χ3v) is 5.60. The van der Waals surface area contributed by atoms with Gasteiger partial charge in [-0.1, -0.05) is 80.3 Å². The van der Waals surface area contributed by atoms with E-state index in [1.54, 1.807) is 24.3 Å². The first-order valence-corrected chi connectivity index (χ1v) is 11.1. The number of terminal acetylenes is 1. The van der Waals surface area contributed by atoms with Gasteiger partial charge in [0.1, 0.15) is 0 Å².